The second-order valence-corrected chi connectivity index (χ2v) is 6.42. The lowest BCUT2D eigenvalue weighted by atomic mass is 10.2. The van der Waals surface area contributed by atoms with E-state index in [-0.39, 0.29) is 5.91 Å². The van der Waals surface area contributed by atoms with Crippen molar-refractivity contribution in [1.29, 1.82) is 0 Å². The Bertz CT molecular complexity index is 845. The van der Waals surface area contributed by atoms with Gasteiger partial charge in [-0.25, -0.2) is 0 Å². The summed E-state index contributed by atoms with van der Waals surface area (Å²) in [5.41, 5.74) is 0.867. The fraction of sp³-hybridized carbons (Fsp3) is 0.167. The van der Waals surface area contributed by atoms with Crippen LogP contribution >= 0.6 is 22.9 Å². The molecule has 0 fully saturated rings. The summed E-state index contributed by atoms with van der Waals surface area (Å²) >= 11 is 7.89. The molecule has 0 saturated carbocycles. The van der Waals surface area contributed by atoms with Gasteiger partial charge in [0.25, 0.3) is 5.91 Å². The number of methoxy groups -OCH3 is 1. The summed E-state index contributed by atoms with van der Waals surface area (Å²) in [6.45, 7) is 2.53. The predicted molar refractivity (Wildman–Crippen MR) is 97.2 cm³/mol. The highest BCUT2D eigenvalue weighted by Gasteiger charge is 2.23. The number of hydrogen-bond donors (Lipinski definition) is 0. The maximum absolute atomic E-state index is 12.9. The summed E-state index contributed by atoms with van der Waals surface area (Å²) in [5, 5.41) is 1.34. The second-order valence-electron chi connectivity index (χ2n) is 4.99. The van der Waals surface area contributed by atoms with Crippen molar-refractivity contribution in [2.75, 3.05) is 18.6 Å². The van der Waals surface area contributed by atoms with Gasteiger partial charge in [-0.3, -0.25) is 4.79 Å². The number of thiophene rings is 1. The van der Waals surface area contributed by atoms with Crippen molar-refractivity contribution in [1.82, 2.24) is 0 Å². The van der Waals surface area contributed by atoms with E-state index in [0.29, 0.717) is 16.4 Å². The Morgan fingerprint density at radius 2 is 1.96 bits per heavy atom. The Hall–Kier alpha value is -2.04. The largest absolute Gasteiger partial charge is 0.497 e. The third kappa shape index (κ3) is 2.92. The zero-order valence-corrected chi connectivity index (χ0v) is 14.4. The molecule has 0 aliphatic rings. The standard InChI is InChI=1S/C18H16ClNO2S/c1-3-20(12-7-5-4-6-8-12)18(21)17-16(19)14-11-13(22-2)9-10-15(14)23-17/h4-11H,3H2,1-2H3. The van der Waals surface area contributed by atoms with Crippen LogP contribution in [0.15, 0.2) is 48.5 Å². The van der Waals surface area contributed by atoms with E-state index in [1.807, 2.05) is 55.5 Å². The highest BCUT2D eigenvalue weighted by atomic mass is 35.5. The average Bonchev–Trinajstić information content (AvgIpc) is 2.92. The van der Waals surface area contributed by atoms with Crippen LogP contribution in [0.5, 0.6) is 5.75 Å². The second kappa shape index (κ2) is 6.60. The van der Waals surface area contributed by atoms with E-state index >= 15 is 0 Å². The van der Waals surface area contributed by atoms with Crippen molar-refractivity contribution in [3.05, 3.63) is 58.4 Å². The summed E-state index contributed by atoms with van der Waals surface area (Å²) in [6, 6.07) is 15.3. The van der Waals surface area contributed by atoms with Crippen LogP contribution in [0.1, 0.15) is 16.6 Å². The van der Waals surface area contributed by atoms with Crippen LogP contribution in [-0.2, 0) is 0 Å². The molecule has 0 N–H and O–H groups in total. The molecule has 1 heterocycles. The minimum absolute atomic E-state index is 0.0798. The number of halogens is 1. The van der Waals surface area contributed by atoms with E-state index in [0.717, 1.165) is 21.5 Å². The van der Waals surface area contributed by atoms with Crippen LogP contribution in [0.3, 0.4) is 0 Å². The number of amides is 1. The molecule has 1 amide bonds. The van der Waals surface area contributed by atoms with Gasteiger partial charge in [-0.2, -0.15) is 0 Å². The lowest BCUT2D eigenvalue weighted by Gasteiger charge is -2.20. The number of carbonyl (C=O) groups is 1. The van der Waals surface area contributed by atoms with Crippen LogP contribution in [-0.4, -0.2) is 19.6 Å². The fourth-order valence-electron chi connectivity index (χ4n) is 2.49. The maximum Gasteiger partial charge on any atom is 0.269 e. The van der Waals surface area contributed by atoms with Crippen LogP contribution in [0, 0.1) is 0 Å². The van der Waals surface area contributed by atoms with Gasteiger partial charge in [-0.15, -0.1) is 11.3 Å². The summed E-state index contributed by atoms with van der Waals surface area (Å²) in [5.74, 6) is 0.649. The summed E-state index contributed by atoms with van der Waals surface area (Å²) in [4.78, 5) is 15.2. The van der Waals surface area contributed by atoms with Gasteiger partial charge in [-0.1, -0.05) is 29.8 Å². The fourth-order valence-corrected chi connectivity index (χ4v) is 3.92. The Labute approximate surface area is 144 Å². The number of hydrogen-bond acceptors (Lipinski definition) is 3. The van der Waals surface area contributed by atoms with Gasteiger partial charge in [0.2, 0.25) is 0 Å². The summed E-state index contributed by atoms with van der Waals surface area (Å²) in [6.07, 6.45) is 0. The molecule has 0 aliphatic heterocycles. The van der Waals surface area contributed by atoms with Crippen molar-refractivity contribution < 1.29 is 9.53 Å². The number of para-hydroxylation sites is 1. The van der Waals surface area contributed by atoms with Crippen molar-refractivity contribution in [3.8, 4) is 5.75 Å². The van der Waals surface area contributed by atoms with Gasteiger partial charge in [0.1, 0.15) is 10.6 Å². The van der Waals surface area contributed by atoms with E-state index in [1.165, 1.54) is 11.3 Å². The third-order valence-corrected chi connectivity index (χ3v) is 5.32. The topological polar surface area (TPSA) is 29.5 Å². The molecule has 0 radical (unpaired) electrons. The molecular formula is C18H16ClNO2S. The number of nitrogens with zero attached hydrogens (tertiary/aromatic N) is 1. The monoisotopic (exact) mass is 345 g/mol. The zero-order chi connectivity index (χ0) is 16.4. The van der Waals surface area contributed by atoms with Crippen LogP contribution < -0.4 is 9.64 Å². The molecule has 0 bridgehead atoms. The van der Waals surface area contributed by atoms with Gasteiger partial charge in [0.05, 0.1) is 12.1 Å². The molecule has 0 aliphatic carbocycles. The molecule has 3 nitrogen and oxygen atoms in total. The molecule has 0 spiro atoms. The first-order valence-electron chi connectivity index (χ1n) is 7.28. The lowest BCUT2D eigenvalue weighted by molar-refractivity contribution is 0.0992. The summed E-state index contributed by atoms with van der Waals surface area (Å²) in [7, 11) is 1.61. The van der Waals surface area contributed by atoms with Crippen molar-refractivity contribution >= 4 is 44.6 Å². The van der Waals surface area contributed by atoms with Crippen LogP contribution in [0.2, 0.25) is 5.02 Å². The molecule has 1 aromatic heterocycles. The minimum atomic E-state index is -0.0798. The quantitative estimate of drug-likeness (QED) is 0.648. The number of carbonyl (C=O) groups excluding carboxylic acids is 1. The third-order valence-electron chi connectivity index (χ3n) is 3.66. The number of benzene rings is 2. The Kier molecular flexibility index (Phi) is 4.55. The normalized spacial score (nSPS) is 10.7. The SMILES string of the molecule is CCN(C(=O)c1sc2ccc(OC)cc2c1Cl)c1ccccc1. The Morgan fingerprint density at radius 1 is 1.22 bits per heavy atom. The molecule has 0 atom stereocenters. The molecule has 5 heteroatoms. The molecule has 23 heavy (non-hydrogen) atoms. The van der Waals surface area contributed by atoms with Crippen LogP contribution in [0.25, 0.3) is 10.1 Å². The average molecular weight is 346 g/mol. The van der Waals surface area contributed by atoms with Gasteiger partial charge in [0, 0.05) is 22.3 Å². The zero-order valence-electron chi connectivity index (χ0n) is 12.9. The minimum Gasteiger partial charge on any atom is -0.497 e. The van der Waals surface area contributed by atoms with E-state index in [4.69, 9.17) is 16.3 Å². The Balaban J connectivity index is 2.05. The predicted octanol–water partition coefficient (Wildman–Crippen LogP) is 5.23. The van der Waals surface area contributed by atoms with Gasteiger partial charge in [-0.05, 0) is 37.3 Å². The highest BCUT2D eigenvalue weighted by molar-refractivity contribution is 7.21. The molecule has 3 aromatic rings. The smallest absolute Gasteiger partial charge is 0.269 e. The van der Waals surface area contributed by atoms with Gasteiger partial charge in [0.15, 0.2) is 0 Å². The maximum atomic E-state index is 12.9. The van der Waals surface area contributed by atoms with E-state index in [1.54, 1.807) is 12.0 Å². The van der Waals surface area contributed by atoms with Gasteiger partial charge < -0.3 is 9.64 Å². The number of rotatable bonds is 4. The first kappa shape index (κ1) is 15.8. The van der Waals surface area contributed by atoms with E-state index < -0.39 is 0 Å². The molecular weight excluding hydrogens is 330 g/mol. The number of fused-ring (bicyclic) bond motifs is 1. The molecule has 2 aromatic carbocycles. The lowest BCUT2D eigenvalue weighted by Crippen LogP contribution is -2.30. The molecule has 0 unspecified atom stereocenters. The van der Waals surface area contributed by atoms with Crippen molar-refractivity contribution in [2.45, 2.75) is 6.92 Å². The first-order chi connectivity index (χ1) is 11.2. The number of ether oxygens (including phenoxy) is 1. The van der Waals surface area contributed by atoms with Crippen molar-refractivity contribution in [3.63, 3.8) is 0 Å². The van der Waals surface area contributed by atoms with Gasteiger partial charge >= 0.3 is 0 Å². The summed E-state index contributed by atoms with van der Waals surface area (Å²) < 4.78 is 6.21. The van der Waals surface area contributed by atoms with Crippen molar-refractivity contribution in [2.24, 2.45) is 0 Å². The molecule has 0 saturated heterocycles. The van der Waals surface area contributed by atoms with Crippen LogP contribution in [0.4, 0.5) is 5.69 Å². The van der Waals surface area contributed by atoms with E-state index in [2.05, 4.69) is 0 Å². The number of anilines is 1. The first-order valence-corrected chi connectivity index (χ1v) is 8.48. The molecule has 118 valence electrons. The Morgan fingerprint density at radius 3 is 2.61 bits per heavy atom. The van der Waals surface area contributed by atoms with E-state index in [9.17, 15) is 4.79 Å². The highest BCUT2D eigenvalue weighted by Crippen LogP contribution is 2.38. The molecule has 3 rings (SSSR count).